The third-order valence-electron chi connectivity index (χ3n) is 0.982. The lowest BCUT2D eigenvalue weighted by atomic mass is 10.2. The number of hydrogen-bond acceptors (Lipinski definition) is 3. The smallest absolute Gasteiger partial charge is 0.0973 e. The van der Waals surface area contributed by atoms with Crippen LogP contribution in [0.5, 0.6) is 0 Å². The maximum Gasteiger partial charge on any atom is 0.0973 e. The molecule has 2 N–H and O–H groups in total. The van der Waals surface area contributed by atoms with Gasteiger partial charge < -0.3 is 5.73 Å². The van der Waals surface area contributed by atoms with E-state index in [4.69, 9.17) is 13.6 Å². The highest BCUT2D eigenvalue weighted by Crippen LogP contribution is 1.87. The average Bonchev–Trinajstić information content (AvgIpc) is 2.34. The molecule has 0 aromatic carbocycles. The lowest BCUT2D eigenvalue weighted by Gasteiger charge is -1.86. The van der Waals surface area contributed by atoms with Gasteiger partial charge >= 0.3 is 0 Å². The van der Waals surface area contributed by atoms with E-state index in [-0.39, 0.29) is 0 Å². The first-order valence-electron chi connectivity index (χ1n) is 2.66. The molecule has 0 unspecified atom stereocenters. The average molecular weight is 122 g/mol. The van der Waals surface area contributed by atoms with Gasteiger partial charge in [-0.15, -0.1) is 5.10 Å². The fraction of sp³-hybridized carbons (Fsp3) is 0.500. The Hall–Kier alpha value is -0.835. The second kappa shape index (κ2) is 2.64. The predicted octanol–water partition coefficient (Wildman–Crippen LogP) is -1.14. The van der Waals surface area contributed by atoms with Crippen LogP contribution in [0.25, 0.3) is 0 Å². The van der Waals surface area contributed by atoms with E-state index < -0.39 is 0 Å². The molecule has 0 aliphatic heterocycles. The van der Waals surface area contributed by atoms with Crippen LogP contribution < -0.4 is 5.73 Å². The minimum atomic E-state index is 0.354. The van der Waals surface area contributed by atoms with Crippen LogP contribution in [0.4, 0.5) is 0 Å². The van der Waals surface area contributed by atoms with Crippen LogP contribution in [0.3, 0.4) is 0 Å². The quantitative estimate of drug-likeness (QED) is 0.504. The van der Waals surface area contributed by atoms with E-state index in [1.807, 2.05) is 0 Å². The van der Waals surface area contributed by atoms with Crippen molar-refractivity contribution < 1.29 is 0 Å². The third-order valence-corrected chi connectivity index (χ3v) is 0.982. The van der Waals surface area contributed by atoms with Crippen LogP contribution >= 0.6 is 0 Å². The van der Waals surface area contributed by atoms with Gasteiger partial charge in [0.1, 0.15) is 0 Å². The Balaban J connectivity index is 2.74. The van der Waals surface area contributed by atoms with Gasteiger partial charge in [0.05, 0.1) is 13.5 Å². The molecular formula is C4H7BN4. The highest BCUT2D eigenvalue weighted by atomic mass is 15.4. The number of nitrogens with two attached hydrogens (primary N) is 1. The lowest BCUT2D eigenvalue weighted by Crippen LogP contribution is -1.97. The third kappa shape index (κ3) is 1.29. The van der Waals surface area contributed by atoms with Crippen molar-refractivity contribution >= 4 is 7.85 Å². The summed E-state index contributed by atoms with van der Waals surface area (Å²) in [6.45, 7) is 0.417. The molecule has 46 valence electrons. The van der Waals surface area contributed by atoms with E-state index >= 15 is 0 Å². The van der Waals surface area contributed by atoms with Crippen molar-refractivity contribution in [3.8, 4) is 0 Å². The van der Waals surface area contributed by atoms with Crippen LogP contribution in [0.15, 0.2) is 6.20 Å². The van der Waals surface area contributed by atoms with Crippen molar-refractivity contribution in [3.05, 3.63) is 11.9 Å². The first-order valence-corrected chi connectivity index (χ1v) is 2.66. The van der Waals surface area contributed by atoms with Crippen LogP contribution in [0, 0.1) is 0 Å². The maximum absolute atomic E-state index is 5.26. The molecule has 9 heavy (non-hydrogen) atoms. The zero-order chi connectivity index (χ0) is 6.69. The lowest BCUT2D eigenvalue weighted by molar-refractivity contribution is 0.694. The highest BCUT2D eigenvalue weighted by Gasteiger charge is 1.92. The monoisotopic (exact) mass is 122 g/mol. The molecule has 1 rings (SSSR count). The van der Waals surface area contributed by atoms with Gasteiger partial charge in [0.25, 0.3) is 0 Å². The van der Waals surface area contributed by atoms with Crippen LogP contribution in [-0.4, -0.2) is 22.8 Å². The van der Waals surface area contributed by atoms with Gasteiger partial charge in [0.2, 0.25) is 0 Å². The molecule has 0 aliphatic carbocycles. The summed E-state index contributed by atoms with van der Waals surface area (Å²) in [7, 11) is 5.24. The van der Waals surface area contributed by atoms with Gasteiger partial charge in [-0.05, 0) is 0 Å². The van der Waals surface area contributed by atoms with Crippen molar-refractivity contribution in [2.45, 2.75) is 13.0 Å². The molecular weight excluding hydrogens is 115 g/mol. The Morgan fingerprint density at radius 1 is 1.78 bits per heavy atom. The summed E-state index contributed by atoms with van der Waals surface area (Å²) >= 11 is 0. The Kier molecular flexibility index (Phi) is 1.84. The Labute approximate surface area is 54.4 Å². The minimum absolute atomic E-state index is 0.354. The summed E-state index contributed by atoms with van der Waals surface area (Å²) in [6, 6.07) is 0. The fourth-order valence-electron chi connectivity index (χ4n) is 0.521. The first kappa shape index (κ1) is 6.29. The molecule has 5 heteroatoms. The van der Waals surface area contributed by atoms with E-state index in [0.29, 0.717) is 13.0 Å². The van der Waals surface area contributed by atoms with E-state index in [2.05, 4.69) is 10.3 Å². The normalized spacial score (nSPS) is 9.89. The Bertz CT molecular complexity index is 166. The first-order chi connectivity index (χ1) is 4.36. The van der Waals surface area contributed by atoms with E-state index in [9.17, 15) is 0 Å². The highest BCUT2D eigenvalue weighted by molar-refractivity contribution is 6.06. The standard InChI is InChI=1S/C4H7BN4/c5-3-9-2-4(1-6)7-8-9/h2H,1,3,6H2. The topological polar surface area (TPSA) is 56.7 Å². The van der Waals surface area contributed by atoms with Gasteiger partial charge in [0, 0.05) is 19.2 Å². The minimum Gasteiger partial charge on any atom is -0.325 e. The second-order valence-electron chi connectivity index (χ2n) is 1.64. The molecule has 0 saturated carbocycles. The van der Waals surface area contributed by atoms with Crippen molar-refractivity contribution in [2.24, 2.45) is 5.73 Å². The van der Waals surface area contributed by atoms with Gasteiger partial charge in [-0.3, -0.25) is 4.68 Å². The molecule has 2 radical (unpaired) electrons. The largest absolute Gasteiger partial charge is 0.325 e. The van der Waals surface area contributed by atoms with Crippen molar-refractivity contribution in [1.29, 1.82) is 0 Å². The summed E-state index contributed by atoms with van der Waals surface area (Å²) < 4.78 is 1.53. The number of hydrogen-bond donors (Lipinski definition) is 1. The summed E-state index contributed by atoms with van der Waals surface area (Å²) in [6.07, 6.45) is 2.08. The van der Waals surface area contributed by atoms with E-state index in [1.165, 1.54) is 4.68 Å². The molecule has 1 heterocycles. The Morgan fingerprint density at radius 3 is 2.89 bits per heavy atom. The zero-order valence-corrected chi connectivity index (χ0v) is 4.99. The van der Waals surface area contributed by atoms with Crippen LogP contribution in [-0.2, 0) is 13.0 Å². The SMILES string of the molecule is [B]Cn1cc(CN)nn1. The summed E-state index contributed by atoms with van der Waals surface area (Å²) in [4.78, 5) is 0. The fourth-order valence-corrected chi connectivity index (χ4v) is 0.521. The molecule has 1 aromatic rings. The number of aromatic nitrogens is 3. The maximum atomic E-state index is 5.26. The molecule has 1 aromatic heterocycles. The van der Waals surface area contributed by atoms with Gasteiger partial charge in [0.15, 0.2) is 0 Å². The Morgan fingerprint density at radius 2 is 2.56 bits per heavy atom. The van der Waals surface area contributed by atoms with Crippen molar-refractivity contribution in [1.82, 2.24) is 15.0 Å². The molecule has 0 spiro atoms. The predicted molar refractivity (Wildman–Crippen MR) is 33.7 cm³/mol. The summed E-state index contributed by atoms with van der Waals surface area (Å²) in [5.74, 6) is 0. The molecule has 0 atom stereocenters. The summed E-state index contributed by atoms with van der Waals surface area (Å²) in [5, 5.41) is 7.38. The zero-order valence-electron chi connectivity index (χ0n) is 4.99. The number of nitrogens with zero attached hydrogens (tertiary/aromatic N) is 3. The van der Waals surface area contributed by atoms with Gasteiger partial charge in [-0.1, -0.05) is 5.21 Å². The second-order valence-corrected chi connectivity index (χ2v) is 1.64. The van der Waals surface area contributed by atoms with E-state index in [1.54, 1.807) is 6.20 Å². The molecule has 0 fully saturated rings. The van der Waals surface area contributed by atoms with Gasteiger partial charge in [-0.2, -0.15) is 0 Å². The van der Waals surface area contributed by atoms with Gasteiger partial charge in [-0.25, -0.2) is 0 Å². The van der Waals surface area contributed by atoms with E-state index in [0.717, 1.165) is 5.69 Å². The molecule has 4 nitrogen and oxygen atoms in total. The summed E-state index contributed by atoms with van der Waals surface area (Å²) in [5.41, 5.74) is 6.03. The molecule has 0 amide bonds. The molecule has 0 saturated heterocycles. The van der Waals surface area contributed by atoms with Crippen LogP contribution in [0.2, 0.25) is 0 Å². The van der Waals surface area contributed by atoms with Crippen LogP contribution in [0.1, 0.15) is 5.69 Å². The van der Waals surface area contributed by atoms with Crippen molar-refractivity contribution in [3.63, 3.8) is 0 Å². The molecule has 0 bridgehead atoms. The molecule has 0 aliphatic rings. The van der Waals surface area contributed by atoms with Crippen molar-refractivity contribution in [2.75, 3.05) is 0 Å². The number of rotatable bonds is 2.